The molecule has 0 atom stereocenters. The summed E-state index contributed by atoms with van der Waals surface area (Å²) in [5.41, 5.74) is -0.242. The van der Waals surface area contributed by atoms with Crippen molar-refractivity contribution in [2.75, 3.05) is 18.4 Å². The number of amides is 2. The average molecular weight is 439 g/mol. The van der Waals surface area contributed by atoms with Gasteiger partial charge < -0.3 is 14.7 Å². The zero-order valence-corrected chi connectivity index (χ0v) is 17.7. The zero-order valence-electron chi connectivity index (χ0n) is 17.7. The van der Waals surface area contributed by atoms with Crippen molar-refractivity contribution >= 4 is 17.6 Å². The maximum atomic E-state index is 14.2. The van der Waals surface area contributed by atoms with Crippen LogP contribution in [0.5, 0.6) is 0 Å². The number of carbonyl (C=O) groups excluding carboxylic acids is 2. The molecule has 3 heterocycles. The fourth-order valence-electron chi connectivity index (χ4n) is 3.71. The van der Waals surface area contributed by atoms with Crippen LogP contribution in [-0.2, 0) is 4.79 Å². The number of carbonyl (C=O) groups is 2. The molecule has 10 heteroatoms. The molecule has 1 N–H and O–H groups in total. The third kappa shape index (κ3) is 4.29. The van der Waals surface area contributed by atoms with Gasteiger partial charge in [0, 0.05) is 36.8 Å². The zero-order chi connectivity index (χ0) is 22.8. The minimum absolute atomic E-state index is 0.150. The molecular weight excluding hydrogens is 417 g/mol. The van der Waals surface area contributed by atoms with Gasteiger partial charge in [-0.3, -0.25) is 14.4 Å². The summed E-state index contributed by atoms with van der Waals surface area (Å²) in [6, 6.07) is 8.90. The second-order valence-corrected chi connectivity index (χ2v) is 7.74. The molecule has 1 fully saturated rings. The van der Waals surface area contributed by atoms with Gasteiger partial charge in [0.2, 0.25) is 11.3 Å². The second-order valence-electron chi connectivity index (χ2n) is 7.74. The van der Waals surface area contributed by atoms with E-state index in [2.05, 4.69) is 15.6 Å². The Morgan fingerprint density at radius 2 is 1.88 bits per heavy atom. The summed E-state index contributed by atoms with van der Waals surface area (Å²) >= 11 is 0. The van der Waals surface area contributed by atoms with Crippen LogP contribution in [0.3, 0.4) is 0 Å². The molecule has 0 saturated carbocycles. The molecule has 166 valence electrons. The Hall–Kier alpha value is -3.82. The number of likely N-dealkylation sites (tertiary alicyclic amines) is 1. The van der Waals surface area contributed by atoms with E-state index in [1.807, 2.05) is 0 Å². The van der Waals surface area contributed by atoms with Gasteiger partial charge >= 0.3 is 0 Å². The number of aromatic nitrogens is 3. The fraction of sp³-hybridized carbons (Fsp3) is 0.318. The highest BCUT2D eigenvalue weighted by Gasteiger charge is 2.30. The molecule has 9 nitrogen and oxygen atoms in total. The van der Waals surface area contributed by atoms with Crippen LogP contribution < -0.4 is 10.7 Å². The Bertz CT molecular complexity index is 1230. The molecule has 2 amide bonds. The lowest BCUT2D eigenvalue weighted by Gasteiger charge is -2.30. The Labute approximate surface area is 182 Å². The van der Waals surface area contributed by atoms with Crippen molar-refractivity contribution in [3.63, 3.8) is 0 Å². The molecule has 2 aromatic heterocycles. The molecule has 32 heavy (non-hydrogen) atoms. The number of nitrogens with one attached hydrogen (secondary N) is 1. The highest BCUT2D eigenvalue weighted by atomic mass is 19.1. The summed E-state index contributed by atoms with van der Waals surface area (Å²) in [6.45, 7) is 3.94. The average Bonchev–Trinajstić information content (AvgIpc) is 3.18. The molecule has 0 aliphatic carbocycles. The van der Waals surface area contributed by atoms with E-state index < -0.39 is 17.2 Å². The number of benzene rings is 1. The van der Waals surface area contributed by atoms with Crippen LogP contribution in [0.4, 0.5) is 10.2 Å². The van der Waals surface area contributed by atoms with Crippen molar-refractivity contribution in [2.24, 2.45) is 5.92 Å². The lowest BCUT2D eigenvalue weighted by atomic mass is 9.95. The van der Waals surface area contributed by atoms with E-state index in [0.29, 0.717) is 43.2 Å². The Morgan fingerprint density at radius 1 is 1.16 bits per heavy atom. The largest absolute Gasteiger partial charge is 0.360 e. The van der Waals surface area contributed by atoms with Gasteiger partial charge in [-0.25, -0.2) is 9.07 Å². The summed E-state index contributed by atoms with van der Waals surface area (Å²) < 4.78 is 20.4. The minimum atomic E-state index is -0.536. The third-order valence-electron chi connectivity index (χ3n) is 5.42. The predicted octanol–water partition coefficient (Wildman–Crippen LogP) is 2.47. The summed E-state index contributed by atoms with van der Waals surface area (Å²) in [5, 5.41) is 10.6. The van der Waals surface area contributed by atoms with E-state index >= 15 is 0 Å². The van der Waals surface area contributed by atoms with Crippen molar-refractivity contribution in [2.45, 2.75) is 26.7 Å². The SMILES string of the molecule is Cc1cc(NC(=O)C2CCN(C(=O)c3nn(-c4ccccc4F)c(C)cc3=O)CC2)no1. The van der Waals surface area contributed by atoms with E-state index in [1.54, 1.807) is 32.0 Å². The smallest absolute Gasteiger partial charge is 0.278 e. The topological polar surface area (TPSA) is 110 Å². The van der Waals surface area contributed by atoms with Crippen LogP contribution in [0.25, 0.3) is 5.69 Å². The Kier molecular flexibility index (Phi) is 5.85. The van der Waals surface area contributed by atoms with E-state index in [4.69, 9.17) is 4.52 Å². The highest BCUT2D eigenvalue weighted by Crippen LogP contribution is 2.21. The van der Waals surface area contributed by atoms with Gasteiger partial charge in [-0.15, -0.1) is 0 Å². The van der Waals surface area contributed by atoms with E-state index in [1.165, 1.54) is 27.8 Å². The van der Waals surface area contributed by atoms with Gasteiger partial charge in [-0.2, -0.15) is 5.10 Å². The van der Waals surface area contributed by atoms with Crippen molar-refractivity contribution in [1.82, 2.24) is 19.8 Å². The molecule has 1 aliphatic heterocycles. The van der Waals surface area contributed by atoms with Crippen molar-refractivity contribution < 1.29 is 18.5 Å². The molecule has 0 unspecified atom stereocenters. The molecule has 1 aliphatic rings. The van der Waals surface area contributed by atoms with Crippen molar-refractivity contribution in [3.05, 3.63) is 69.6 Å². The van der Waals surface area contributed by atoms with E-state index in [-0.39, 0.29) is 23.2 Å². The second kappa shape index (κ2) is 8.74. The number of para-hydroxylation sites is 1. The first-order valence-corrected chi connectivity index (χ1v) is 10.2. The molecule has 1 saturated heterocycles. The first kappa shape index (κ1) is 21.4. The number of halogens is 1. The van der Waals surface area contributed by atoms with Crippen LogP contribution in [-0.4, -0.2) is 44.7 Å². The highest BCUT2D eigenvalue weighted by molar-refractivity contribution is 5.93. The maximum Gasteiger partial charge on any atom is 0.278 e. The normalized spacial score (nSPS) is 14.4. The number of piperidine rings is 1. The Morgan fingerprint density at radius 3 is 2.53 bits per heavy atom. The summed E-state index contributed by atoms with van der Waals surface area (Å²) in [7, 11) is 0. The number of anilines is 1. The lowest BCUT2D eigenvalue weighted by molar-refractivity contribution is -0.121. The molecule has 0 spiro atoms. The molecule has 3 aromatic rings. The monoisotopic (exact) mass is 439 g/mol. The number of hydrogen-bond donors (Lipinski definition) is 1. The predicted molar refractivity (Wildman–Crippen MR) is 113 cm³/mol. The quantitative estimate of drug-likeness (QED) is 0.669. The van der Waals surface area contributed by atoms with Crippen LogP contribution in [0.15, 0.2) is 45.7 Å². The van der Waals surface area contributed by atoms with Gasteiger partial charge in [-0.1, -0.05) is 17.3 Å². The van der Waals surface area contributed by atoms with E-state index in [0.717, 1.165) is 0 Å². The van der Waals surface area contributed by atoms with Crippen molar-refractivity contribution in [3.8, 4) is 5.69 Å². The maximum absolute atomic E-state index is 14.2. The number of aryl methyl sites for hydroxylation is 2. The summed E-state index contributed by atoms with van der Waals surface area (Å²) in [6.07, 6.45) is 0.865. The number of nitrogens with zero attached hydrogens (tertiary/aromatic N) is 4. The molecular formula is C22H22FN5O4. The lowest BCUT2D eigenvalue weighted by Crippen LogP contribution is -2.43. The first-order valence-electron chi connectivity index (χ1n) is 10.2. The summed E-state index contributed by atoms with van der Waals surface area (Å²) in [4.78, 5) is 39.4. The van der Waals surface area contributed by atoms with Gasteiger partial charge in [0.15, 0.2) is 11.5 Å². The molecule has 1 aromatic carbocycles. The molecule has 4 rings (SSSR count). The minimum Gasteiger partial charge on any atom is -0.360 e. The molecule has 0 bridgehead atoms. The Balaban J connectivity index is 1.47. The van der Waals surface area contributed by atoms with Crippen molar-refractivity contribution in [1.29, 1.82) is 0 Å². The van der Waals surface area contributed by atoms with Crippen LogP contribution in [0, 0.1) is 25.6 Å². The molecule has 0 radical (unpaired) electrons. The standard InChI is InChI=1S/C22H22FN5O4/c1-13-11-18(29)20(25-28(13)17-6-4-3-5-16(17)23)22(31)27-9-7-15(8-10-27)21(30)24-19-12-14(2)32-26-19/h3-6,11-12,15H,7-10H2,1-2H3,(H,24,26,30). The number of hydrogen-bond acceptors (Lipinski definition) is 6. The number of rotatable bonds is 4. The van der Waals surface area contributed by atoms with Gasteiger partial charge in [0.05, 0.1) is 0 Å². The summed E-state index contributed by atoms with van der Waals surface area (Å²) in [5.74, 6) is -0.598. The van der Waals surface area contributed by atoms with Crippen LogP contribution in [0.2, 0.25) is 0 Å². The van der Waals surface area contributed by atoms with Crippen LogP contribution >= 0.6 is 0 Å². The van der Waals surface area contributed by atoms with Crippen LogP contribution in [0.1, 0.15) is 34.8 Å². The van der Waals surface area contributed by atoms with Gasteiger partial charge in [0.1, 0.15) is 17.3 Å². The fourth-order valence-corrected chi connectivity index (χ4v) is 3.71. The van der Waals surface area contributed by atoms with Gasteiger partial charge in [-0.05, 0) is 38.8 Å². The third-order valence-corrected chi connectivity index (χ3v) is 5.42. The van der Waals surface area contributed by atoms with E-state index in [9.17, 15) is 18.8 Å². The van der Waals surface area contributed by atoms with Gasteiger partial charge in [0.25, 0.3) is 5.91 Å². The first-order chi connectivity index (χ1) is 15.3.